The number of phenolic OH excluding ortho intramolecular Hbond substituents is 1. The summed E-state index contributed by atoms with van der Waals surface area (Å²) in [6.45, 7) is 3.91. The molecule has 3 rings (SSSR count). The van der Waals surface area contributed by atoms with Gasteiger partial charge in [0.25, 0.3) is 0 Å². The van der Waals surface area contributed by atoms with E-state index >= 15 is 0 Å². The van der Waals surface area contributed by atoms with Crippen LogP contribution < -0.4 is 5.32 Å². The number of nitrogens with zero attached hydrogens (tertiary/aromatic N) is 1. The Balaban J connectivity index is 2.11. The van der Waals surface area contributed by atoms with Crippen LogP contribution >= 0.6 is 11.3 Å². The van der Waals surface area contributed by atoms with Crippen molar-refractivity contribution in [2.75, 3.05) is 5.32 Å². The Morgan fingerprint density at radius 1 is 1.35 bits per heavy atom. The second-order valence-corrected chi connectivity index (χ2v) is 6.40. The number of rotatable bonds is 5. The van der Waals surface area contributed by atoms with Crippen molar-refractivity contribution in [2.45, 2.75) is 26.7 Å². The average molecular weight is 326 g/mol. The molecule has 5 heteroatoms. The minimum atomic E-state index is 0.0919. The van der Waals surface area contributed by atoms with Crippen molar-refractivity contribution in [1.82, 2.24) is 4.98 Å². The third-order valence-corrected chi connectivity index (χ3v) is 4.64. The Kier molecular flexibility index (Phi) is 4.30. The number of phenols is 1. The molecule has 2 N–H and O–H groups in total. The second-order valence-electron chi connectivity index (χ2n) is 5.48. The fourth-order valence-electron chi connectivity index (χ4n) is 2.53. The average Bonchev–Trinajstić information content (AvgIpc) is 2.99. The molecular formula is C18H18N2O2S. The van der Waals surface area contributed by atoms with Crippen LogP contribution in [0.2, 0.25) is 0 Å². The van der Waals surface area contributed by atoms with Crippen LogP contribution in [0.5, 0.6) is 5.75 Å². The van der Waals surface area contributed by atoms with Crippen molar-refractivity contribution in [1.29, 1.82) is 0 Å². The van der Waals surface area contributed by atoms with Gasteiger partial charge in [-0.05, 0) is 48.6 Å². The topological polar surface area (TPSA) is 62.2 Å². The van der Waals surface area contributed by atoms with Gasteiger partial charge in [-0.2, -0.15) is 0 Å². The van der Waals surface area contributed by atoms with E-state index in [0.29, 0.717) is 12.0 Å². The molecule has 0 spiro atoms. The lowest BCUT2D eigenvalue weighted by molar-refractivity contribution is 0.0982. The summed E-state index contributed by atoms with van der Waals surface area (Å²) < 4.78 is 0.972. The van der Waals surface area contributed by atoms with Crippen LogP contribution in [0, 0.1) is 6.92 Å². The largest absolute Gasteiger partial charge is 0.508 e. The number of pyridine rings is 1. The lowest BCUT2D eigenvalue weighted by Crippen LogP contribution is -2.05. The first-order valence-corrected chi connectivity index (χ1v) is 8.44. The molecular weight excluding hydrogens is 308 g/mol. The predicted molar refractivity (Wildman–Crippen MR) is 95.0 cm³/mol. The van der Waals surface area contributed by atoms with Crippen LogP contribution in [-0.4, -0.2) is 15.9 Å². The highest BCUT2D eigenvalue weighted by molar-refractivity contribution is 7.17. The Hall–Kier alpha value is -2.40. The molecule has 0 radical (unpaired) electrons. The van der Waals surface area contributed by atoms with Gasteiger partial charge in [-0.15, -0.1) is 11.3 Å². The Morgan fingerprint density at radius 2 is 2.17 bits per heavy atom. The van der Waals surface area contributed by atoms with Crippen molar-refractivity contribution in [3.63, 3.8) is 0 Å². The van der Waals surface area contributed by atoms with Gasteiger partial charge in [0.05, 0.1) is 21.5 Å². The van der Waals surface area contributed by atoms with Gasteiger partial charge in [0.1, 0.15) is 5.75 Å². The fourth-order valence-corrected chi connectivity index (χ4v) is 3.39. The summed E-state index contributed by atoms with van der Waals surface area (Å²) in [5.41, 5.74) is 4.09. The lowest BCUT2D eigenvalue weighted by Gasteiger charge is -2.14. The quantitative estimate of drug-likeness (QED) is 0.509. The van der Waals surface area contributed by atoms with Crippen molar-refractivity contribution < 1.29 is 9.90 Å². The number of Topliss-reactive ketones (excluding diaryl/α,β-unsaturated/α-hetero) is 1. The molecule has 0 atom stereocenters. The molecule has 23 heavy (non-hydrogen) atoms. The van der Waals surface area contributed by atoms with E-state index in [1.165, 1.54) is 0 Å². The number of carbonyl (C=O) groups excluding carboxylic acids is 1. The molecule has 2 aromatic heterocycles. The Labute approximate surface area is 138 Å². The number of carbonyl (C=O) groups is 1. The van der Waals surface area contributed by atoms with E-state index in [-0.39, 0.29) is 11.5 Å². The molecule has 0 saturated carbocycles. The fraction of sp³-hybridized carbons (Fsp3) is 0.222. The van der Waals surface area contributed by atoms with Gasteiger partial charge in [0, 0.05) is 18.3 Å². The van der Waals surface area contributed by atoms with E-state index in [4.69, 9.17) is 0 Å². The van der Waals surface area contributed by atoms with Gasteiger partial charge in [0.15, 0.2) is 5.78 Å². The van der Waals surface area contributed by atoms with E-state index in [9.17, 15) is 9.90 Å². The molecule has 0 bridgehead atoms. The number of hydrogen-bond acceptors (Lipinski definition) is 5. The Morgan fingerprint density at radius 3 is 2.91 bits per heavy atom. The summed E-state index contributed by atoms with van der Waals surface area (Å²) in [7, 11) is 0. The van der Waals surface area contributed by atoms with E-state index in [1.807, 2.05) is 31.4 Å². The smallest absolute Gasteiger partial charge is 0.166 e. The number of aromatic nitrogens is 1. The van der Waals surface area contributed by atoms with Crippen LogP contribution in [-0.2, 0) is 0 Å². The molecule has 3 aromatic rings. The van der Waals surface area contributed by atoms with E-state index < -0.39 is 0 Å². The highest BCUT2D eigenvalue weighted by atomic mass is 32.1. The van der Waals surface area contributed by atoms with Crippen molar-refractivity contribution in [2.24, 2.45) is 0 Å². The molecule has 4 nitrogen and oxygen atoms in total. The zero-order valence-corrected chi connectivity index (χ0v) is 13.9. The van der Waals surface area contributed by atoms with Crippen LogP contribution in [0.25, 0.3) is 10.2 Å². The van der Waals surface area contributed by atoms with Crippen LogP contribution in [0.4, 0.5) is 11.4 Å². The maximum atomic E-state index is 12.4. The van der Waals surface area contributed by atoms with Crippen LogP contribution in [0.3, 0.4) is 0 Å². The molecule has 0 amide bonds. The predicted octanol–water partition coefficient (Wildman–Crippen LogP) is 5.04. The number of benzene rings is 1. The number of ketones is 1. The maximum absolute atomic E-state index is 12.4. The zero-order valence-electron chi connectivity index (χ0n) is 13.1. The molecule has 118 valence electrons. The number of fused-ring (bicyclic) bond motifs is 1. The van der Waals surface area contributed by atoms with Gasteiger partial charge in [-0.3, -0.25) is 9.78 Å². The van der Waals surface area contributed by atoms with E-state index in [1.54, 1.807) is 29.7 Å². The molecule has 0 fully saturated rings. The molecule has 0 saturated heterocycles. The monoisotopic (exact) mass is 326 g/mol. The molecule has 0 aliphatic carbocycles. The first-order chi connectivity index (χ1) is 11.1. The summed E-state index contributed by atoms with van der Waals surface area (Å²) in [5, 5.41) is 14.9. The summed E-state index contributed by atoms with van der Waals surface area (Å²) >= 11 is 1.57. The maximum Gasteiger partial charge on any atom is 0.166 e. The van der Waals surface area contributed by atoms with E-state index in [0.717, 1.165) is 33.6 Å². The Bertz CT molecular complexity index is 871. The number of hydrogen-bond donors (Lipinski definition) is 2. The van der Waals surface area contributed by atoms with Crippen molar-refractivity contribution in [3.8, 4) is 5.75 Å². The minimum absolute atomic E-state index is 0.0919. The van der Waals surface area contributed by atoms with E-state index in [2.05, 4.69) is 10.3 Å². The molecule has 0 unspecified atom stereocenters. The van der Waals surface area contributed by atoms with Crippen LogP contribution in [0.15, 0.2) is 35.8 Å². The zero-order chi connectivity index (χ0) is 16.4. The number of aryl methyl sites for hydroxylation is 1. The van der Waals surface area contributed by atoms with Gasteiger partial charge in [0.2, 0.25) is 0 Å². The summed E-state index contributed by atoms with van der Waals surface area (Å²) in [5.74, 6) is 0.320. The van der Waals surface area contributed by atoms with Gasteiger partial charge < -0.3 is 10.4 Å². The first kappa shape index (κ1) is 15.5. The van der Waals surface area contributed by atoms with Gasteiger partial charge in [-0.1, -0.05) is 6.92 Å². The number of aromatic hydroxyl groups is 1. The highest BCUT2D eigenvalue weighted by Gasteiger charge is 2.16. The van der Waals surface area contributed by atoms with Gasteiger partial charge in [-0.25, -0.2) is 0 Å². The van der Waals surface area contributed by atoms with Crippen molar-refractivity contribution in [3.05, 3.63) is 47.0 Å². The SMILES string of the molecule is CCCC(=O)c1cnc2ccsc2c1Nc1ccc(O)cc1C. The first-order valence-electron chi connectivity index (χ1n) is 7.56. The second kappa shape index (κ2) is 6.38. The van der Waals surface area contributed by atoms with Gasteiger partial charge >= 0.3 is 0 Å². The van der Waals surface area contributed by atoms with Crippen molar-refractivity contribution >= 4 is 38.7 Å². The minimum Gasteiger partial charge on any atom is -0.508 e. The third kappa shape index (κ3) is 3.05. The van der Waals surface area contributed by atoms with Crippen LogP contribution in [0.1, 0.15) is 35.7 Å². The summed E-state index contributed by atoms with van der Waals surface area (Å²) in [6.07, 6.45) is 2.96. The number of nitrogens with one attached hydrogen (secondary N) is 1. The highest BCUT2D eigenvalue weighted by Crippen LogP contribution is 2.35. The molecule has 0 aliphatic heterocycles. The lowest BCUT2D eigenvalue weighted by atomic mass is 10.1. The number of thiophene rings is 1. The molecule has 2 heterocycles. The summed E-state index contributed by atoms with van der Waals surface area (Å²) in [4.78, 5) is 16.8. The standard InChI is InChI=1S/C18H18N2O2S/c1-3-4-16(22)13-10-19-15-7-8-23-18(15)17(13)20-14-6-5-12(21)9-11(14)2/h5-10,21H,3-4H2,1-2H3,(H,19,20). The summed E-state index contributed by atoms with van der Waals surface area (Å²) in [6, 6.07) is 7.10. The third-order valence-electron chi connectivity index (χ3n) is 3.72. The molecule has 1 aromatic carbocycles. The molecule has 0 aliphatic rings. The number of anilines is 2. The normalized spacial score (nSPS) is 10.9.